The SMILES string of the molecule is CC(C)c1ccc(CN(C(=O)c2cnccn2)C2CC2)cc1. The van der Waals surface area contributed by atoms with Crippen molar-refractivity contribution in [3.05, 3.63) is 59.7 Å². The maximum absolute atomic E-state index is 12.6. The van der Waals surface area contributed by atoms with Gasteiger partial charge in [0.2, 0.25) is 0 Å². The Morgan fingerprint density at radius 2 is 1.95 bits per heavy atom. The molecule has 0 aliphatic heterocycles. The van der Waals surface area contributed by atoms with Crippen molar-refractivity contribution in [2.24, 2.45) is 0 Å². The van der Waals surface area contributed by atoms with E-state index in [-0.39, 0.29) is 5.91 Å². The van der Waals surface area contributed by atoms with Crippen molar-refractivity contribution >= 4 is 5.91 Å². The van der Waals surface area contributed by atoms with Crippen LogP contribution >= 0.6 is 0 Å². The number of carbonyl (C=O) groups excluding carboxylic acids is 1. The predicted octanol–water partition coefficient (Wildman–Crippen LogP) is 3.40. The molecule has 1 amide bonds. The molecule has 3 rings (SSSR count). The third kappa shape index (κ3) is 3.32. The third-order valence-corrected chi connectivity index (χ3v) is 4.03. The second-order valence-electron chi connectivity index (χ2n) is 6.15. The molecule has 0 N–H and O–H groups in total. The Labute approximate surface area is 131 Å². The topological polar surface area (TPSA) is 46.1 Å². The molecule has 4 heteroatoms. The van der Waals surface area contributed by atoms with E-state index in [1.54, 1.807) is 18.6 Å². The Morgan fingerprint density at radius 3 is 2.50 bits per heavy atom. The molecule has 1 aliphatic rings. The zero-order valence-electron chi connectivity index (χ0n) is 13.1. The predicted molar refractivity (Wildman–Crippen MR) is 85.5 cm³/mol. The van der Waals surface area contributed by atoms with E-state index in [0.717, 1.165) is 18.4 Å². The van der Waals surface area contributed by atoms with Crippen LogP contribution in [0.1, 0.15) is 54.2 Å². The normalized spacial score (nSPS) is 14.1. The molecule has 1 fully saturated rings. The summed E-state index contributed by atoms with van der Waals surface area (Å²) in [5.74, 6) is 0.498. The molecule has 1 saturated carbocycles. The summed E-state index contributed by atoms with van der Waals surface area (Å²) in [6, 6.07) is 8.89. The van der Waals surface area contributed by atoms with E-state index in [9.17, 15) is 4.79 Å². The maximum atomic E-state index is 12.6. The molecule has 1 aromatic heterocycles. The van der Waals surface area contributed by atoms with Gasteiger partial charge in [-0.2, -0.15) is 0 Å². The monoisotopic (exact) mass is 295 g/mol. The largest absolute Gasteiger partial charge is 0.330 e. The van der Waals surface area contributed by atoms with Crippen LogP contribution in [0.25, 0.3) is 0 Å². The summed E-state index contributed by atoms with van der Waals surface area (Å²) in [6.45, 7) is 5.00. The fourth-order valence-electron chi connectivity index (χ4n) is 2.51. The fourth-order valence-corrected chi connectivity index (χ4v) is 2.51. The van der Waals surface area contributed by atoms with Gasteiger partial charge < -0.3 is 4.90 Å². The number of amides is 1. The second kappa shape index (κ2) is 6.26. The van der Waals surface area contributed by atoms with Crippen LogP contribution in [0.4, 0.5) is 0 Å². The quantitative estimate of drug-likeness (QED) is 0.849. The van der Waals surface area contributed by atoms with Gasteiger partial charge in [0.25, 0.3) is 5.91 Å². The van der Waals surface area contributed by atoms with Crippen molar-refractivity contribution in [2.75, 3.05) is 0 Å². The van der Waals surface area contributed by atoms with Crippen LogP contribution in [0.15, 0.2) is 42.9 Å². The van der Waals surface area contributed by atoms with Gasteiger partial charge in [-0.1, -0.05) is 38.1 Å². The summed E-state index contributed by atoms with van der Waals surface area (Å²) in [4.78, 5) is 22.7. The van der Waals surface area contributed by atoms with Gasteiger partial charge in [-0.25, -0.2) is 4.98 Å². The van der Waals surface area contributed by atoms with E-state index in [1.165, 1.54) is 5.56 Å². The lowest BCUT2D eigenvalue weighted by Gasteiger charge is -2.22. The van der Waals surface area contributed by atoms with Crippen LogP contribution < -0.4 is 0 Å². The summed E-state index contributed by atoms with van der Waals surface area (Å²) < 4.78 is 0. The summed E-state index contributed by atoms with van der Waals surface area (Å²) in [5, 5.41) is 0. The lowest BCUT2D eigenvalue weighted by molar-refractivity contribution is 0.0723. The molecule has 0 radical (unpaired) electrons. The molecule has 0 saturated heterocycles. The van der Waals surface area contributed by atoms with Crippen LogP contribution in [-0.4, -0.2) is 26.8 Å². The lowest BCUT2D eigenvalue weighted by atomic mass is 10.0. The Morgan fingerprint density at radius 1 is 1.23 bits per heavy atom. The minimum Gasteiger partial charge on any atom is -0.330 e. The van der Waals surface area contributed by atoms with Gasteiger partial charge in [0.05, 0.1) is 6.20 Å². The standard InChI is InChI=1S/C18H21N3O/c1-13(2)15-5-3-14(4-6-15)12-21(16-7-8-16)18(22)17-11-19-9-10-20-17/h3-6,9-11,13,16H,7-8,12H2,1-2H3. The van der Waals surface area contributed by atoms with E-state index < -0.39 is 0 Å². The Balaban J connectivity index is 1.76. The van der Waals surface area contributed by atoms with E-state index in [0.29, 0.717) is 24.2 Å². The molecular formula is C18H21N3O. The molecule has 0 spiro atoms. The van der Waals surface area contributed by atoms with Gasteiger partial charge in [0.1, 0.15) is 5.69 Å². The van der Waals surface area contributed by atoms with Gasteiger partial charge in [0.15, 0.2) is 0 Å². The second-order valence-corrected chi connectivity index (χ2v) is 6.15. The highest BCUT2D eigenvalue weighted by atomic mass is 16.2. The molecular weight excluding hydrogens is 274 g/mol. The number of rotatable bonds is 5. The summed E-state index contributed by atoms with van der Waals surface area (Å²) in [7, 11) is 0. The Kier molecular flexibility index (Phi) is 4.18. The summed E-state index contributed by atoms with van der Waals surface area (Å²) >= 11 is 0. The van der Waals surface area contributed by atoms with Crippen molar-refractivity contribution in [3.8, 4) is 0 Å². The lowest BCUT2D eigenvalue weighted by Crippen LogP contribution is -2.33. The van der Waals surface area contributed by atoms with Crippen LogP contribution in [-0.2, 0) is 6.54 Å². The Hall–Kier alpha value is -2.23. The molecule has 22 heavy (non-hydrogen) atoms. The molecule has 4 nitrogen and oxygen atoms in total. The van der Waals surface area contributed by atoms with E-state index in [2.05, 4.69) is 48.1 Å². The molecule has 2 aromatic rings. The number of nitrogens with zero attached hydrogens (tertiary/aromatic N) is 3. The minimum atomic E-state index is -0.0245. The van der Waals surface area contributed by atoms with E-state index in [1.807, 2.05) is 4.90 Å². The highest BCUT2D eigenvalue weighted by Crippen LogP contribution is 2.29. The van der Waals surface area contributed by atoms with Gasteiger partial charge >= 0.3 is 0 Å². The Bertz CT molecular complexity index is 633. The molecule has 1 aliphatic carbocycles. The molecule has 1 aromatic carbocycles. The van der Waals surface area contributed by atoms with Gasteiger partial charge in [-0.05, 0) is 29.9 Å². The smallest absolute Gasteiger partial charge is 0.274 e. The average molecular weight is 295 g/mol. The zero-order valence-corrected chi connectivity index (χ0v) is 13.1. The van der Waals surface area contributed by atoms with Crippen molar-refractivity contribution < 1.29 is 4.79 Å². The van der Waals surface area contributed by atoms with Crippen molar-refractivity contribution in [1.29, 1.82) is 0 Å². The molecule has 0 bridgehead atoms. The number of carbonyl (C=O) groups is 1. The zero-order chi connectivity index (χ0) is 15.5. The first-order chi connectivity index (χ1) is 10.6. The average Bonchev–Trinajstić information content (AvgIpc) is 3.38. The number of benzene rings is 1. The highest BCUT2D eigenvalue weighted by molar-refractivity contribution is 5.92. The van der Waals surface area contributed by atoms with Gasteiger partial charge in [0, 0.05) is 25.0 Å². The molecule has 1 heterocycles. The summed E-state index contributed by atoms with van der Waals surface area (Å²) in [6.07, 6.45) is 6.85. The van der Waals surface area contributed by atoms with Crippen LogP contribution in [0, 0.1) is 0 Å². The maximum Gasteiger partial charge on any atom is 0.274 e. The summed E-state index contributed by atoms with van der Waals surface area (Å²) in [5.41, 5.74) is 2.91. The van der Waals surface area contributed by atoms with Crippen LogP contribution in [0.3, 0.4) is 0 Å². The van der Waals surface area contributed by atoms with E-state index >= 15 is 0 Å². The number of aromatic nitrogens is 2. The highest BCUT2D eigenvalue weighted by Gasteiger charge is 2.33. The van der Waals surface area contributed by atoms with Crippen molar-refractivity contribution in [3.63, 3.8) is 0 Å². The van der Waals surface area contributed by atoms with E-state index in [4.69, 9.17) is 0 Å². The number of hydrogen-bond acceptors (Lipinski definition) is 3. The van der Waals surface area contributed by atoms with Crippen molar-refractivity contribution in [1.82, 2.24) is 14.9 Å². The first-order valence-corrected chi connectivity index (χ1v) is 7.81. The first-order valence-electron chi connectivity index (χ1n) is 7.81. The van der Waals surface area contributed by atoms with Crippen molar-refractivity contribution in [2.45, 2.75) is 45.2 Å². The number of hydrogen-bond donors (Lipinski definition) is 0. The van der Waals surface area contributed by atoms with Crippen LogP contribution in [0.5, 0.6) is 0 Å². The van der Waals surface area contributed by atoms with Gasteiger partial charge in [-0.15, -0.1) is 0 Å². The van der Waals surface area contributed by atoms with Gasteiger partial charge in [-0.3, -0.25) is 9.78 Å². The minimum absolute atomic E-state index is 0.0245. The third-order valence-electron chi connectivity index (χ3n) is 4.03. The van der Waals surface area contributed by atoms with Crippen LogP contribution in [0.2, 0.25) is 0 Å². The molecule has 114 valence electrons. The first kappa shape index (κ1) is 14.7. The molecule has 0 atom stereocenters. The fraction of sp³-hybridized carbons (Fsp3) is 0.389. The molecule has 0 unspecified atom stereocenters.